The van der Waals surface area contributed by atoms with Gasteiger partial charge in [0, 0.05) is 18.2 Å². The third-order valence-corrected chi connectivity index (χ3v) is 5.66. The zero-order valence-electron chi connectivity index (χ0n) is 18.0. The largest absolute Gasteiger partial charge is 0.287 e. The number of aryl methyl sites for hydroxylation is 1. The molecular formula is C26H21F2N5. The average molecular weight is 441 g/mol. The van der Waals surface area contributed by atoms with Gasteiger partial charge in [0.05, 0.1) is 28.7 Å². The highest BCUT2D eigenvalue weighted by molar-refractivity contribution is 6.43. The van der Waals surface area contributed by atoms with Gasteiger partial charge in [0.2, 0.25) is 0 Å². The van der Waals surface area contributed by atoms with Crippen LogP contribution in [0.25, 0.3) is 11.3 Å². The Morgan fingerprint density at radius 2 is 1.79 bits per heavy atom. The molecule has 5 nitrogen and oxygen atoms in total. The summed E-state index contributed by atoms with van der Waals surface area (Å²) in [5, 5.41) is 8.77. The molecule has 2 aromatic carbocycles. The summed E-state index contributed by atoms with van der Waals surface area (Å²) in [6.45, 7) is 2.05. The number of nitrogens with zero attached hydrogens (tertiary/aromatic N) is 5. The molecule has 3 aromatic rings. The number of aromatic nitrogens is 2. The number of hydrogen-bond donors (Lipinski definition) is 0. The molecule has 0 bridgehead atoms. The lowest BCUT2D eigenvalue weighted by atomic mass is 10.0. The minimum absolute atomic E-state index is 0.0139. The number of aliphatic imine (C=N–C) groups is 3. The smallest absolute Gasteiger partial charge is 0.169 e. The van der Waals surface area contributed by atoms with Crippen LogP contribution in [-0.4, -0.2) is 34.0 Å². The summed E-state index contributed by atoms with van der Waals surface area (Å²) < 4.78 is 27.8. The summed E-state index contributed by atoms with van der Waals surface area (Å²) in [5.41, 5.74) is 5.17. The first-order valence-corrected chi connectivity index (χ1v) is 10.8. The molecule has 33 heavy (non-hydrogen) atoms. The van der Waals surface area contributed by atoms with E-state index in [9.17, 15) is 8.78 Å². The fourth-order valence-corrected chi connectivity index (χ4v) is 3.82. The van der Waals surface area contributed by atoms with Crippen molar-refractivity contribution in [3.8, 4) is 11.3 Å². The van der Waals surface area contributed by atoms with E-state index in [-0.39, 0.29) is 17.4 Å². The van der Waals surface area contributed by atoms with Gasteiger partial charge >= 0.3 is 0 Å². The van der Waals surface area contributed by atoms with Crippen molar-refractivity contribution in [2.24, 2.45) is 15.0 Å². The maximum Gasteiger partial charge on any atom is 0.169 e. The topological polar surface area (TPSA) is 62.9 Å². The molecule has 0 saturated heterocycles. The van der Waals surface area contributed by atoms with E-state index in [1.807, 2.05) is 30.3 Å². The minimum Gasteiger partial charge on any atom is -0.287 e. The van der Waals surface area contributed by atoms with E-state index in [0.717, 1.165) is 35.9 Å². The van der Waals surface area contributed by atoms with Crippen LogP contribution < -0.4 is 0 Å². The molecule has 1 atom stereocenters. The van der Waals surface area contributed by atoms with Crippen LogP contribution in [0.1, 0.15) is 29.7 Å². The van der Waals surface area contributed by atoms with Crippen molar-refractivity contribution in [2.75, 3.05) is 0 Å². The van der Waals surface area contributed by atoms with E-state index in [4.69, 9.17) is 0 Å². The maximum atomic E-state index is 14.2. The van der Waals surface area contributed by atoms with Crippen LogP contribution in [0, 0.1) is 18.6 Å². The molecule has 0 amide bonds. The molecule has 164 valence electrons. The first-order chi connectivity index (χ1) is 16.1. The van der Waals surface area contributed by atoms with Gasteiger partial charge < -0.3 is 0 Å². The van der Waals surface area contributed by atoms with Gasteiger partial charge in [-0.25, -0.2) is 18.8 Å². The van der Waals surface area contributed by atoms with Crippen LogP contribution in [0.3, 0.4) is 0 Å². The van der Waals surface area contributed by atoms with Crippen molar-refractivity contribution < 1.29 is 8.78 Å². The molecule has 1 unspecified atom stereocenters. The van der Waals surface area contributed by atoms with Crippen molar-refractivity contribution in [2.45, 2.75) is 32.2 Å². The molecule has 0 spiro atoms. The quantitative estimate of drug-likeness (QED) is 0.552. The lowest BCUT2D eigenvalue weighted by molar-refractivity contribution is 0.507. The average Bonchev–Trinajstić information content (AvgIpc) is 3.20. The lowest BCUT2D eigenvalue weighted by Crippen LogP contribution is -2.14. The van der Waals surface area contributed by atoms with Gasteiger partial charge in [-0.1, -0.05) is 42.0 Å². The Balaban J connectivity index is 1.30. The summed E-state index contributed by atoms with van der Waals surface area (Å²) >= 11 is 0. The molecule has 2 aliphatic heterocycles. The SMILES string of the molecule is Cc1ccc(-c2ccc(CC3CC/C=C4/N=C(c5cccc(F)c5F)N=C4C=N3)nn2)cc1. The Morgan fingerprint density at radius 3 is 2.58 bits per heavy atom. The molecule has 2 aliphatic rings. The molecule has 5 rings (SSSR count). The van der Waals surface area contributed by atoms with Crippen molar-refractivity contribution >= 4 is 17.8 Å². The number of rotatable bonds is 4. The second-order valence-electron chi connectivity index (χ2n) is 8.11. The summed E-state index contributed by atoms with van der Waals surface area (Å²) in [7, 11) is 0. The number of hydrogen-bond acceptors (Lipinski definition) is 5. The van der Waals surface area contributed by atoms with Gasteiger partial charge in [0.15, 0.2) is 17.5 Å². The Hall–Kier alpha value is -3.87. The Kier molecular flexibility index (Phi) is 5.69. The molecule has 0 N–H and O–H groups in total. The zero-order valence-corrected chi connectivity index (χ0v) is 18.0. The first-order valence-electron chi connectivity index (χ1n) is 10.8. The van der Waals surface area contributed by atoms with Crippen molar-refractivity contribution in [1.82, 2.24) is 10.2 Å². The molecule has 0 radical (unpaired) electrons. The van der Waals surface area contributed by atoms with E-state index in [0.29, 0.717) is 17.8 Å². The maximum absolute atomic E-state index is 14.2. The minimum atomic E-state index is -0.946. The summed E-state index contributed by atoms with van der Waals surface area (Å²) in [6, 6.07) is 16.2. The Bertz CT molecular complexity index is 1310. The third kappa shape index (κ3) is 4.53. The van der Waals surface area contributed by atoms with Gasteiger partial charge in [-0.2, -0.15) is 10.2 Å². The molecule has 3 heterocycles. The van der Waals surface area contributed by atoms with Gasteiger partial charge in [0.25, 0.3) is 0 Å². The lowest BCUT2D eigenvalue weighted by Gasteiger charge is -2.13. The highest BCUT2D eigenvalue weighted by Crippen LogP contribution is 2.23. The molecule has 7 heteroatoms. The number of halogens is 2. The Labute approximate surface area is 190 Å². The number of fused-ring (bicyclic) bond motifs is 1. The van der Waals surface area contributed by atoms with E-state index in [1.165, 1.54) is 17.7 Å². The highest BCUT2D eigenvalue weighted by atomic mass is 19.2. The highest BCUT2D eigenvalue weighted by Gasteiger charge is 2.22. The van der Waals surface area contributed by atoms with Crippen molar-refractivity contribution in [3.05, 3.63) is 94.8 Å². The van der Waals surface area contributed by atoms with Gasteiger partial charge in [-0.3, -0.25) is 4.99 Å². The number of benzene rings is 2. The molecule has 1 aromatic heterocycles. The predicted octanol–water partition coefficient (Wildman–Crippen LogP) is 5.29. The molecule has 0 aliphatic carbocycles. The van der Waals surface area contributed by atoms with Crippen LogP contribution >= 0.6 is 0 Å². The normalized spacial score (nSPS) is 19.1. The summed E-state index contributed by atoms with van der Waals surface area (Å²) in [4.78, 5) is 13.5. The second kappa shape index (κ2) is 8.94. The number of allylic oxidation sites excluding steroid dienone is 2. The monoisotopic (exact) mass is 441 g/mol. The molecule has 0 saturated carbocycles. The van der Waals surface area contributed by atoms with Crippen LogP contribution in [0.2, 0.25) is 0 Å². The summed E-state index contributed by atoms with van der Waals surface area (Å²) in [5.74, 6) is -1.70. The van der Waals surface area contributed by atoms with Gasteiger partial charge in [-0.15, -0.1) is 0 Å². The van der Waals surface area contributed by atoms with Crippen molar-refractivity contribution in [3.63, 3.8) is 0 Å². The van der Waals surface area contributed by atoms with E-state index in [1.54, 1.807) is 6.21 Å². The Morgan fingerprint density at radius 1 is 0.939 bits per heavy atom. The zero-order chi connectivity index (χ0) is 22.8. The number of amidine groups is 1. The van der Waals surface area contributed by atoms with Crippen molar-refractivity contribution in [1.29, 1.82) is 0 Å². The second-order valence-corrected chi connectivity index (χ2v) is 8.11. The molecule has 0 fully saturated rings. The first kappa shape index (κ1) is 21.0. The fourth-order valence-electron chi connectivity index (χ4n) is 3.82. The van der Waals surface area contributed by atoms with Crippen LogP contribution in [0.15, 0.2) is 81.3 Å². The third-order valence-electron chi connectivity index (χ3n) is 5.66. The van der Waals surface area contributed by atoms with E-state index in [2.05, 4.69) is 44.2 Å². The van der Waals surface area contributed by atoms with E-state index < -0.39 is 11.6 Å². The van der Waals surface area contributed by atoms with Gasteiger partial charge in [-0.05, 0) is 44.0 Å². The van der Waals surface area contributed by atoms with Crippen LogP contribution in [0.5, 0.6) is 0 Å². The fraction of sp³-hybridized carbons (Fsp3) is 0.192. The molecular weight excluding hydrogens is 420 g/mol. The van der Waals surface area contributed by atoms with E-state index >= 15 is 0 Å². The predicted molar refractivity (Wildman–Crippen MR) is 126 cm³/mol. The summed E-state index contributed by atoms with van der Waals surface area (Å²) in [6.07, 6.45) is 5.84. The standard InChI is InChI=1S/C26H21F2N5/c1-16-8-10-17(11-9-16)22-13-12-19(32-33-22)14-18-4-2-7-23-24(15-29-18)31-26(30-23)20-5-3-6-21(27)25(20)28/h3,5-13,15,18H,2,4,14H2,1H3/b23-7+,29-15?. The van der Waals surface area contributed by atoms with Crippen LogP contribution in [-0.2, 0) is 6.42 Å². The van der Waals surface area contributed by atoms with Crippen LogP contribution in [0.4, 0.5) is 8.78 Å². The van der Waals surface area contributed by atoms with Gasteiger partial charge in [0.1, 0.15) is 5.71 Å².